The van der Waals surface area contributed by atoms with Gasteiger partial charge in [0.15, 0.2) is 5.13 Å². The van der Waals surface area contributed by atoms with Crippen molar-refractivity contribution in [2.45, 2.75) is 16.6 Å². The Balaban J connectivity index is 1.49. The number of carbonyl (C=O) groups excluding carboxylic acids is 3. The molecular weight excluding hydrogens is 518 g/mol. The van der Waals surface area contributed by atoms with Crippen molar-refractivity contribution in [2.75, 3.05) is 16.8 Å². The first kappa shape index (κ1) is 24.4. The number of amides is 3. The molecule has 3 amide bonds. The van der Waals surface area contributed by atoms with Gasteiger partial charge in [-0.1, -0.05) is 11.8 Å². The molecule has 1 unspecified atom stereocenters. The molecule has 2 aliphatic heterocycles. The van der Waals surface area contributed by atoms with Crippen LogP contribution < -0.4 is 10.6 Å². The van der Waals surface area contributed by atoms with Gasteiger partial charge < -0.3 is 15.7 Å². The highest BCUT2D eigenvalue weighted by molar-refractivity contribution is 8.01. The number of thiazole rings is 1. The Morgan fingerprint density at radius 3 is 2.91 bits per heavy atom. The molecule has 17 heteroatoms. The number of nitrogens with one attached hydrogen (secondary N) is 2. The number of aryl methyl sites for hydroxylation is 1. The molecule has 1 fully saturated rings. The van der Waals surface area contributed by atoms with Gasteiger partial charge >= 0.3 is 5.97 Å². The van der Waals surface area contributed by atoms with E-state index in [1.807, 2.05) is 0 Å². The highest BCUT2D eigenvalue weighted by atomic mass is 32.2. The largest absolute Gasteiger partial charge is 0.477 e. The number of nitrogens with zero attached hydrogens (tertiary/aromatic N) is 7. The third-order valence-electron chi connectivity index (χ3n) is 4.91. The SMILES string of the molecule is Cn1nnnc1SCC1=C(C(=O)O)N2C(=O)C(NC(=O)C(=CC#N)c3csc(NC=O)n3)[C@H]2SC1. The number of rotatable bonds is 9. The quantitative estimate of drug-likeness (QED) is 0.125. The van der Waals surface area contributed by atoms with Gasteiger partial charge in [0, 0.05) is 30.0 Å². The molecule has 0 aromatic carbocycles. The summed E-state index contributed by atoms with van der Waals surface area (Å²) in [6.45, 7) is 0. The van der Waals surface area contributed by atoms with Crippen molar-refractivity contribution in [1.82, 2.24) is 35.4 Å². The van der Waals surface area contributed by atoms with E-state index in [2.05, 4.69) is 31.1 Å². The summed E-state index contributed by atoms with van der Waals surface area (Å²) in [6.07, 6.45) is 1.42. The topological polar surface area (TPSA) is 196 Å². The minimum Gasteiger partial charge on any atom is -0.477 e. The third kappa shape index (κ3) is 4.76. The molecule has 2 atom stereocenters. The zero-order chi connectivity index (χ0) is 25.1. The Morgan fingerprint density at radius 2 is 2.26 bits per heavy atom. The molecule has 3 N–H and O–H groups in total. The number of carboxylic acids is 1. The van der Waals surface area contributed by atoms with Gasteiger partial charge in [-0.15, -0.1) is 28.2 Å². The van der Waals surface area contributed by atoms with Gasteiger partial charge in [0.05, 0.1) is 17.3 Å². The zero-order valence-corrected chi connectivity index (χ0v) is 20.2. The van der Waals surface area contributed by atoms with E-state index in [1.165, 1.54) is 33.6 Å². The molecule has 4 rings (SSSR count). The first-order valence-electron chi connectivity index (χ1n) is 9.67. The van der Waals surface area contributed by atoms with Crippen LogP contribution in [0.15, 0.2) is 27.9 Å². The minimum absolute atomic E-state index is 0.0851. The van der Waals surface area contributed by atoms with Gasteiger partial charge in [-0.3, -0.25) is 19.3 Å². The maximum absolute atomic E-state index is 12.9. The zero-order valence-electron chi connectivity index (χ0n) is 17.7. The highest BCUT2D eigenvalue weighted by Crippen LogP contribution is 2.41. The first-order chi connectivity index (χ1) is 16.8. The molecule has 0 saturated carbocycles. The number of tetrazole rings is 1. The fraction of sp³-hybridized carbons (Fsp3) is 0.278. The van der Waals surface area contributed by atoms with Crippen molar-refractivity contribution < 1.29 is 24.3 Å². The van der Waals surface area contributed by atoms with Crippen LogP contribution in [0.5, 0.6) is 0 Å². The molecule has 14 nitrogen and oxygen atoms in total. The number of anilines is 1. The number of hydrogen-bond donors (Lipinski definition) is 3. The molecule has 0 spiro atoms. The lowest BCUT2D eigenvalue weighted by molar-refractivity contribution is -0.150. The Morgan fingerprint density at radius 1 is 1.46 bits per heavy atom. The Hall–Kier alpha value is -3.75. The van der Waals surface area contributed by atoms with Crippen LogP contribution in [0, 0.1) is 11.3 Å². The van der Waals surface area contributed by atoms with Crippen molar-refractivity contribution in [3.63, 3.8) is 0 Å². The number of thioether (sulfide) groups is 2. The number of fused-ring (bicyclic) bond motifs is 1. The summed E-state index contributed by atoms with van der Waals surface area (Å²) in [7, 11) is 1.66. The molecule has 0 bridgehead atoms. The van der Waals surface area contributed by atoms with E-state index < -0.39 is 29.2 Å². The van der Waals surface area contributed by atoms with Gasteiger partial charge in [0.25, 0.3) is 11.8 Å². The van der Waals surface area contributed by atoms with Crippen molar-refractivity contribution in [3.8, 4) is 6.07 Å². The van der Waals surface area contributed by atoms with Gasteiger partial charge in [-0.2, -0.15) is 5.26 Å². The summed E-state index contributed by atoms with van der Waals surface area (Å²) in [5.74, 6) is -1.94. The fourth-order valence-corrected chi connectivity index (χ4v) is 6.35. The van der Waals surface area contributed by atoms with Crippen molar-refractivity contribution in [2.24, 2.45) is 7.05 Å². The van der Waals surface area contributed by atoms with Crippen LogP contribution in [-0.2, 0) is 26.2 Å². The lowest BCUT2D eigenvalue weighted by Gasteiger charge is -2.49. The Bertz CT molecular complexity index is 1310. The van der Waals surface area contributed by atoms with Crippen LogP contribution in [0.3, 0.4) is 0 Å². The second kappa shape index (κ2) is 10.2. The summed E-state index contributed by atoms with van der Waals surface area (Å²) in [5, 5.41) is 36.6. The summed E-state index contributed by atoms with van der Waals surface area (Å²) >= 11 is 3.63. The fourth-order valence-electron chi connectivity index (χ4n) is 3.34. The van der Waals surface area contributed by atoms with Crippen molar-refractivity contribution in [1.29, 1.82) is 5.26 Å². The van der Waals surface area contributed by atoms with E-state index >= 15 is 0 Å². The second-order valence-electron chi connectivity index (χ2n) is 6.98. The van der Waals surface area contributed by atoms with Gasteiger partial charge in [0.1, 0.15) is 17.1 Å². The van der Waals surface area contributed by atoms with Crippen LogP contribution in [0.1, 0.15) is 5.69 Å². The molecular formula is C18H15N9O5S3. The lowest BCUT2D eigenvalue weighted by atomic mass is 10.0. The Labute approximate surface area is 209 Å². The van der Waals surface area contributed by atoms with Crippen LogP contribution in [0.4, 0.5) is 5.13 Å². The third-order valence-corrected chi connectivity index (χ3v) is 8.12. The number of aromatic nitrogens is 5. The smallest absolute Gasteiger partial charge is 0.352 e. The van der Waals surface area contributed by atoms with Crippen LogP contribution in [-0.4, -0.2) is 82.3 Å². The van der Waals surface area contributed by atoms with Gasteiger partial charge in [-0.25, -0.2) is 14.5 Å². The molecule has 2 aromatic heterocycles. The van der Waals surface area contributed by atoms with E-state index in [9.17, 15) is 24.3 Å². The molecule has 0 aliphatic carbocycles. The molecule has 0 radical (unpaired) electrons. The van der Waals surface area contributed by atoms with E-state index in [4.69, 9.17) is 5.26 Å². The molecule has 180 valence electrons. The predicted octanol–water partition coefficient (Wildman–Crippen LogP) is -0.327. The summed E-state index contributed by atoms with van der Waals surface area (Å²) < 4.78 is 1.46. The average molecular weight is 534 g/mol. The molecule has 2 aliphatic rings. The second-order valence-corrected chi connectivity index (χ2v) is 9.88. The van der Waals surface area contributed by atoms with Crippen molar-refractivity contribution >= 4 is 69.8 Å². The van der Waals surface area contributed by atoms with Crippen LogP contribution in [0.25, 0.3) is 5.57 Å². The van der Waals surface area contributed by atoms with Crippen molar-refractivity contribution in [3.05, 3.63) is 28.4 Å². The monoisotopic (exact) mass is 533 g/mol. The van der Waals surface area contributed by atoms with Gasteiger partial charge in [0.2, 0.25) is 11.6 Å². The molecule has 4 heterocycles. The number of carboxylic acid groups (broad SMARTS) is 1. The molecule has 1 saturated heterocycles. The average Bonchev–Trinajstić information content (AvgIpc) is 3.47. The summed E-state index contributed by atoms with van der Waals surface area (Å²) in [6, 6.07) is 0.791. The molecule has 35 heavy (non-hydrogen) atoms. The predicted molar refractivity (Wildman–Crippen MR) is 125 cm³/mol. The standard InChI is InChI=1S/C18H15N9O5S3/c1-26-18(23-24-25-26)35-5-8-4-33-15-11(14(30)27(15)12(8)16(31)32)22-13(29)9(2-3-19)10-6-34-17(21-10)20-7-28/h2,6-7,11,15H,4-5H2,1H3,(H,22,29)(H,31,32)(H,20,21,28)/t11?,15-/m1/s1. The van der Waals surface area contributed by atoms with E-state index in [-0.39, 0.29) is 27.8 Å². The lowest BCUT2D eigenvalue weighted by Crippen LogP contribution is -2.70. The van der Waals surface area contributed by atoms with Crippen LogP contribution in [0.2, 0.25) is 0 Å². The number of hydrogen-bond acceptors (Lipinski definition) is 12. The molecule has 2 aromatic rings. The summed E-state index contributed by atoms with van der Waals surface area (Å²) in [5.41, 5.74) is 0.483. The minimum atomic E-state index is -1.25. The Kier molecular flexibility index (Phi) is 7.14. The summed E-state index contributed by atoms with van der Waals surface area (Å²) in [4.78, 5) is 53.6. The number of aliphatic carboxylic acids is 1. The maximum Gasteiger partial charge on any atom is 0.352 e. The highest BCUT2D eigenvalue weighted by Gasteiger charge is 2.54. The van der Waals surface area contributed by atoms with E-state index in [0.29, 0.717) is 22.9 Å². The van der Waals surface area contributed by atoms with E-state index in [1.54, 1.807) is 13.1 Å². The van der Waals surface area contributed by atoms with E-state index in [0.717, 1.165) is 22.3 Å². The van der Waals surface area contributed by atoms with Gasteiger partial charge in [-0.05, 0) is 16.0 Å². The number of nitriles is 1. The maximum atomic E-state index is 12.9. The number of β-lactam (4-membered cyclic amide) rings is 1. The first-order valence-corrected chi connectivity index (χ1v) is 12.6. The number of carbonyl (C=O) groups is 4. The number of allylic oxidation sites excluding steroid dienone is 1. The normalized spacial score (nSPS) is 19.5. The van der Waals surface area contributed by atoms with Crippen LogP contribution >= 0.6 is 34.9 Å².